The predicted octanol–water partition coefficient (Wildman–Crippen LogP) is 5.36. The van der Waals surface area contributed by atoms with Gasteiger partial charge in [0.25, 0.3) is 0 Å². The first-order valence-corrected chi connectivity index (χ1v) is 10.4. The summed E-state index contributed by atoms with van der Waals surface area (Å²) in [5.41, 5.74) is 1.88. The molecule has 1 atom stereocenters. The monoisotopic (exact) mass is 417 g/mol. The lowest BCUT2D eigenvalue weighted by atomic mass is 9.99. The predicted molar refractivity (Wildman–Crippen MR) is 116 cm³/mol. The maximum atomic E-state index is 13.3. The van der Waals surface area contributed by atoms with E-state index in [9.17, 15) is 14.4 Å². The van der Waals surface area contributed by atoms with Crippen LogP contribution in [0, 0.1) is 0 Å². The highest BCUT2D eigenvalue weighted by Gasteiger charge is 2.28. The van der Waals surface area contributed by atoms with E-state index in [1.807, 2.05) is 35.7 Å². The molecule has 2 aromatic carbocycles. The Morgan fingerprint density at radius 2 is 1.67 bits per heavy atom. The number of aromatic nitrogens is 1. The number of nitrogens with one attached hydrogen (secondary N) is 1. The van der Waals surface area contributed by atoms with Gasteiger partial charge in [0.1, 0.15) is 0 Å². The minimum absolute atomic E-state index is 0.0438. The summed E-state index contributed by atoms with van der Waals surface area (Å²) in [6.45, 7) is 0. The van der Waals surface area contributed by atoms with Crippen molar-refractivity contribution in [2.24, 2.45) is 0 Å². The van der Waals surface area contributed by atoms with Crippen LogP contribution >= 0.6 is 11.3 Å². The average molecular weight is 417 g/mol. The summed E-state index contributed by atoms with van der Waals surface area (Å²) < 4.78 is 5.59. The number of ketones is 2. The molecule has 0 aliphatic carbocycles. The molecule has 4 rings (SSSR count). The Bertz CT molecular complexity index is 1180. The van der Waals surface area contributed by atoms with E-state index in [0.717, 1.165) is 10.9 Å². The molecule has 0 spiro atoms. The number of benzene rings is 2. The molecule has 30 heavy (non-hydrogen) atoms. The Labute approximate surface area is 177 Å². The summed E-state index contributed by atoms with van der Waals surface area (Å²) >= 11 is 1.34. The fourth-order valence-electron chi connectivity index (χ4n) is 3.28. The smallest absolute Gasteiger partial charge is 0.307 e. The number of ether oxygens (including phenoxy) is 1. The second-order valence-electron chi connectivity index (χ2n) is 6.79. The zero-order valence-corrected chi connectivity index (χ0v) is 16.9. The molecule has 0 fully saturated rings. The molecule has 6 heteroatoms. The first kappa shape index (κ1) is 19.8. The average Bonchev–Trinajstić information content (AvgIpc) is 3.46. The van der Waals surface area contributed by atoms with E-state index in [0.29, 0.717) is 16.0 Å². The van der Waals surface area contributed by atoms with Crippen molar-refractivity contribution in [2.45, 2.75) is 18.9 Å². The zero-order valence-electron chi connectivity index (χ0n) is 16.0. The molecule has 0 aliphatic heterocycles. The number of hydrogen-bond acceptors (Lipinski definition) is 5. The third-order valence-corrected chi connectivity index (χ3v) is 5.71. The van der Waals surface area contributed by atoms with Gasteiger partial charge in [-0.3, -0.25) is 14.4 Å². The summed E-state index contributed by atoms with van der Waals surface area (Å²) in [6.07, 6.45) is 0.523. The van der Waals surface area contributed by atoms with Crippen molar-refractivity contribution in [3.05, 3.63) is 94.3 Å². The molecule has 1 N–H and O–H groups in total. The lowest BCUT2D eigenvalue weighted by Crippen LogP contribution is -2.20. The lowest BCUT2D eigenvalue weighted by molar-refractivity contribution is -0.147. The second kappa shape index (κ2) is 8.88. The summed E-state index contributed by atoms with van der Waals surface area (Å²) in [7, 11) is 0. The number of rotatable bonds is 8. The topological polar surface area (TPSA) is 76.2 Å². The Kier molecular flexibility index (Phi) is 5.86. The molecule has 0 radical (unpaired) electrons. The van der Waals surface area contributed by atoms with Crippen LogP contribution in [0.2, 0.25) is 0 Å². The van der Waals surface area contributed by atoms with Gasteiger partial charge in [0.2, 0.25) is 5.78 Å². The van der Waals surface area contributed by atoms with E-state index >= 15 is 0 Å². The van der Waals surface area contributed by atoms with Crippen LogP contribution in [0.1, 0.15) is 44.5 Å². The number of Topliss-reactive ketones (excluding diaryl/α,β-unsaturated/α-hetero) is 2. The van der Waals surface area contributed by atoms with E-state index in [1.54, 1.807) is 42.6 Å². The molecule has 0 aliphatic rings. The first-order chi connectivity index (χ1) is 14.6. The Hall–Kier alpha value is -3.51. The summed E-state index contributed by atoms with van der Waals surface area (Å²) in [6, 6.07) is 19.9. The van der Waals surface area contributed by atoms with Crippen molar-refractivity contribution in [3.8, 4) is 0 Å². The van der Waals surface area contributed by atoms with E-state index < -0.39 is 12.1 Å². The molecule has 2 aromatic heterocycles. The highest BCUT2D eigenvalue weighted by molar-refractivity contribution is 7.12. The minimum Gasteiger partial charge on any atom is -0.449 e. The fraction of sp³-hybridized carbons (Fsp3) is 0.125. The van der Waals surface area contributed by atoms with E-state index in [2.05, 4.69) is 4.98 Å². The number of hydrogen-bond donors (Lipinski definition) is 1. The highest BCUT2D eigenvalue weighted by atomic mass is 32.1. The van der Waals surface area contributed by atoms with Crippen LogP contribution in [-0.2, 0) is 9.53 Å². The molecule has 0 saturated heterocycles. The zero-order chi connectivity index (χ0) is 20.9. The van der Waals surface area contributed by atoms with Crippen molar-refractivity contribution in [3.63, 3.8) is 0 Å². The second-order valence-corrected chi connectivity index (χ2v) is 7.74. The van der Waals surface area contributed by atoms with Gasteiger partial charge in [-0.05, 0) is 17.5 Å². The third kappa shape index (κ3) is 4.23. The van der Waals surface area contributed by atoms with Crippen molar-refractivity contribution in [2.75, 3.05) is 0 Å². The van der Waals surface area contributed by atoms with Gasteiger partial charge in [-0.15, -0.1) is 11.3 Å². The number of carbonyl (C=O) groups is 3. The summed E-state index contributed by atoms with van der Waals surface area (Å²) in [5, 5.41) is 2.59. The van der Waals surface area contributed by atoms with Crippen LogP contribution in [0.5, 0.6) is 0 Å². The standard InChI is InChI=1S/C24H19NO4S/c26-20(21-11-6-14-30-21)12-13-22(27)29-24(16-7-2-1-3-8-16)23(28)18-15-25-19-10-5-4-9-17(18)19/h1-11,14-15,24-25H,12-13H2. The van der Waals surface area contributed by atoms with Crippen LogP contribution in [0.15, 0.2) is 78.3 Å². The van der Waals surface area contributed by atoms with Crippen LogP contribution in [0.3, 0.4) is 0 Å². The van der Waals surface area contributed by atoms with Crippen molar-refractivity contribution < 1.29 is 19.1 Å². The minimum atomic E-state index is -1.07. The SMILES string of the molecule is O=C(CCC(=O)c1cccs1)OC(C(=O)c1c[nH]c2ccccc12)c1ccccc1. The fourth-order valence-corrected chi connectivity index (χ4v) is 3.98. The maximum absolute atomic E-state index is 13.3. The molecular weight excluding hydrogens is 398 g/mol. The van der Waals surface area contributed by atoms with Gasteiger partial charge >= 0.3 is 5.97 Å². The Morgan fingerprint density at radius 1 is 0.900 bits per heavy atom. The molecule has 150 valence electrons. The molecule has 2 heterocycles. The largest absolute Gasteiger partial charge is 0.449 e. The number of fused-ring (bicyclic) bond motifs is 1. The van der Waals surface area contributed by atoms with Gasteiger partial charge in [0.15, 0.2) is 11.9 Å². The normalized spacial score (nSPS) is 11.9. The number of esters is 1. The summed E-state index contributed by atoms with van der Waals surface area (Å²) in [5.74, 6) is -1.00. The van der Waals surface area contributed by atoms with Crippen LogP contribution < -0.4 is 0 Å². The number of H-pyrrole nitrogens is 1. The highest BCUT2D eigenvalue weighted by Crippen LogP contribution is 2.27. The van der Waals surface area contributed by atoms with Crippen molar-refractivity contribution in [1.82, 2.24) is 4.98 Å². The Balaban J connectivity index is 1.54. The van der Waals surface area contributed by atoms with Gasteiger partial charge in [-0.25, -0.2) is 0 Å². The van der Waals surface area contributed by atoms with E-state index in [1.165, 1.54) is 11.3 Å². The third-order valence-electron chi connectivity index (χ3n) is 4.80. The summed E-state index contributed by atoms with van der Waals surface area (Å²) in [4.78, 5) is 41.7. The molecule has 1 unspecified atom stereocenters. The molecular formula is C24H19NO4S. The molecule has 5 nitrogen and oxygen atoms in total. The molecule has 0 amide bonds. The van der Waals surface area contributed by atoms with Gasteiger partial charge < -0.3 is 9.72 Å². The van der Waals surface area contributed by atoms with Gasteiger partial charge in [0.05, 0.1) is 11.3 Å². The van der Waals surface area contributed by atoms with E-state index in [-0.39, 0.29) is 24.4 Å². The van der Waals surface area contributed by atoms with Crippen molar-refractivity contribution in [1.29, 1.82) is 0 Å². The number of para-hydroxylation sites is 1. The van der Waals surface area contributed by atoms with Gasteiger partial charge in [-0.2, -0.15) is 0 Å². The number of carbonyl (C=O) groups excluding carboxylic acids is 3. The Morgan fingerprint density at radius 3 is 2.43 bits per heavy atom. The molecule has 0 bridgehead atoms. The first-order valence-electron chi connectivity index (χ1n) is 9.55. The van der Waals surface area contributed by atoms with Gasteiger partial charge in [-0.1, -0.05) is 54.6 Å². The number of thiophene rings is 1. The lowest BCUT2D eigenvalue weighted by Gasteiger charge is -2.17. The molecule has 0 saturated carbocycles. The van der Waals surface area contributed by atoms with Crippen LogP contribution in [-0.4, -0.2) is 22.5 Å². The quantitative estimate of drug-likeness (QED) is 0.309. The maximum Gasteiger partial charge on any atom is 0.307 e. The molecule has 4 aromatic rings. The number of aromatic amines is 1. The van der Waals surface area contributed by atoms with Crippen LogP contribution in [0.4, 0.5) is 0 Å². The van der Waals surface area contributed by atoms with E-state index in [4.69, 9.17) is 4.74 Å². The van der Waals surface area contributed by atoms with Crippen molar-refractivity contribution >= 4 is 39.8 Å². The van der Waals surface area contributed by atoms with Gasteiger partial charge in [0, 0.05) is 34.6 Å². The van der Waals surface area contributed by atoms with Crippen LogP contribution in [0.25, 0.3) is 10.9 Å².